The molecule has 0 fully saturated rings. The molecule has 8 heteroatoms. The van der Waals surface area contributed by atoms with Crippen LogP contribution in [0.4, 0.5) is 0 Å². The predicted molar refractivity (Wildman–Crippen MR) is 118 cm³/mol. The number of carboxylic acid groups (broad SMARTS) is 1. The average molecular weight is 458 g/mol. The van der Waals surface area contributed by atoms with E-state index in [0.29, 0.717) is 29.4 Å². The van der Waals surface area contributed by atoms with Crippen LogP contribution in [-0.4, -0.2) is 36.6 Å². The van der Waals surface area contributed by atoms with Crippen molar-refractivity contribution < 1.29 is 18.3 Å². The molecule has 0 spiro atoms. The van der Waals surface area contributed by atoms with Crippen LogP contribution in [-0.2, 0) is 21.4 Å². The van der Waals surface area contributed by atoms with Crippen molar-refractivity contribution >= 4 is 39.2 Å². The van der Waals surface area contributed by atoms with E-state index < -0.39 is 16.0 Å². The molecule has 0 aliphatic rings. The Morgan fingerprint density at radius 3 is 2.24 bits per heavy atom. The highest BCUT2D eigenvalue weighted by Gasteiger charge is 2.17. The lowest BCUT2D eigenvalue weighted by molar-refractivity contribution is -0.137. The minimum absolute atomic E-state index is 0.145. The Morgan fingerprint density at radius 2 is 1.62 bits per heavy atom. The van der Waals surface area contributed by atoms with Gasteiger partial charge in [-0.2, -0.15) is 4.31 Å². The zero-order chi connectivity index (χ0) is 21.4. The van der Waals surface area contributed by atoms with Gasteiger partial charge in [0.2, 0.25) is 10.0 Å². The maximum Gasteiger partial charge on any atom is 0.303 e. The van der Waals surface area contributed by atoms with E-state index in [1.54, 1.807) is 12.1 Å². The van der Waals surface area contributed by atoms with Gasteiger partial charge in [-0.3, -0.25) is 4.79 Å². The molecule has 5 nitrogen and oxygen atoms in total. The number of aliphatic carboxylic acids is 1. The first-order valence-corrected chi connectivity index (χ1v) is 12.0. The van der Waals surface area contributed by atoms with E-state index in [1.807, 2.05) is 30.3 Å². The lowest BCUT2D eigenvalue weighted by Crippen LogP contribution is -2.30. The summed E-state index contributed by atoms with van der Waals surface area (Å²) in [7, 11) is -3.38. The molecule has 29 heavy (non-hydrogen) atoms. The number of sulfonamides is 1. The number of hydrogen-bond donors (Lipinski definition) is 1. The maximum absolute atomic E-state index is 12.2. The number of rotatable bonds is 11. The molecule has 0 atom stereocenters. The van der Waals surface area contributed by atoms with Crippen LogP contribution in [0, 0.1) is 0 Å². The van der Waals surface area contributed by atoms with Gasteiger partial charge >= 0.3 is 5.97 Å². The number of benzene rings is 2. The molecule has 0 heterocycles. The molecule has 0 aliphatic carbocycles. The second-order valence-corrected chi connectivity index (χ2v) is 9.75. The standard InChI is InChI=1S/C21H25Cl2NO4S/c1-29(27,28)24(13-7-3-2-4-10-21(25)26)15-16-11-12-18(20(23)14-16)17-8-5-6-9-19(17)22/h5-6,8-9,11-12,14H,2-4,7,10,13,15H2,1H3,(H,25,26). The summed E-state index contributed by atoms with van der Waals surface area (Å²) in [6, 6.07) is 12.9. The van der Waals surface area contributed by atoms with E-state index in [2.05, 4.69) is 0 Å². The van der Waals surface area contributed by atoms with Gasteiger partial charge in [0.05, 0.1) is 6.26 Å². The lowest BCUT2D eigenvalue weighted by Gasteiger charge is -2.20. The molecule has 158 valence electrons. The molecule has 0 saturated heterocycles. The maximum atomic E-state index is 12.2. The first kappa shape index (κ1) is 23.7. The molecule has 0 amide bonds. The number of carboxylic acids is 1. The Bertz CT molecular complexity index is 947. The van der Waals surface area contributed by atoms with Gasteiger partial charge in [-0.25, -0.2) is 8.42 Å². The number of halogens is 2. The summed E-state index contributed by atoms with van der Waals surface area (Å²) in [5.74, 6) is -0.806. The van der Waals surface area contributed by atoms with E-state index in [9.17, 15) is 13.2 Å². The monoisotopic (exact) mass is 457 g/mol. The van der Waals surface area contributed by atoms with E-state index in [-0.39, 0.29) is 13.0 Å². The van der Waals surface area contributed by atoms with Gasteiger partial charge in [0, 0.05) is 40.7 Å². The quantitative estimate of drug-likeness (QED) is 0.454. The summed E-state index contributed by atoms with van der Waals surface area (Å²) < 4.78 is 25.7. The fraction of sp³-hybridized carbons (Fsp3) is 0.381. The normalized spacial score (nSPS) is 11.7. The van der Waals surface area contributed by atoms with Crippen LogP contribution < -0.4 is 0 Å². The minimum atomic E-state index is -3.38. The zero-order valence-electron chi connectivity index (χ0n) is 16.3. The van der Waals surface area contributed by atoms with Crippen LogP contribution in [0.3, 0.4) is 0 Å². The van der Waals surface area contributed by atoms with Crippen LogP contribution in [0.2, 0.25) is 10.0 Å². The highest BCUT2D eigenvalue weighted by atomic mass is 35.5. The lowest BCUT2D eigenvalue weighted by atomic mass is 10.0. The van der Waals surface area contributed by atoms with Crippen molar-refractivity contribution in [2.45, 2.75) is 38.6 Å². The van der Waals surface area contributed by atoms with Crippen LogP contribution in [0.25, 0.3) is 11.1 Å². The third-order valence-corrected chi connectivity index (χ3v) is 6.47. The molecule has 2 aromatic rings. The van der Waals surface area contributed by atoms with Crippen molar-refractivity contribution in [3.63, 3.8) is 0 Å². The van der Waals surface area contributed by atoms with Gasteiger partial charge in [0.25, 0.3) is 0 Å². The van der Waals surface area contributed by atoms with Gasteiger partial charge in [0.1, 0.15) is 0 Å². The summed E-state index contributed by atoms with van der Waals surface area (Å²) in [5.41, 5.74) is 2.42. The number of nitrogens with zero attached hydrogens (tertiary/aromatic N) is 1. The molecule has 0 unspecified atom stereocenters. The topological polar surface area (TPSA) is 74.7 Å². The second kappa shape index (κ2) is 11.0. The molecule has 2 rings (SSSR count). The van der Waals surface area contributed by atoms with Crippen molar-refractivity contribution in [1.29, 1.82) is 0 Å². The van der Waals surface area contributed by atoms with E-state index in [1.165, 1.54) is 10.6 Å². The second-order valence-electron chi connectivity index (χ2n) is 6.95. The predicted octanol–water partition coefficient (Wildman–Crippen LogP) is 5.46. The summed E-state index contributed by atoms with van der Waals surface area (Å²) >= 11 is 12.7. The number of hydrogen-bond acceptors (Lipinski definition) is 3. The first-order valence-electron chi connectivity index (χ1n) is 9.38. The average Bonchev–Trinajstić information content (AvgIpc) is 2.63. The molecule has 0 radical (unpaired) electrons. The Balaban J connectivity index is 2.03. The number of unbranched alkanes of at least 4 members (excludes halogenated alkanes) is 3. The number of carbonyl (C=O) groups is 1. The third-order valence-electron chi connectivity index (χ3n) is 4.57. The van der Waals surface area contributed by atoms with Crippen molar-refractivity contribution in [1.82, 2.24) is 4.31 Å². The first-order chi connectivity index (χ1) is 13.7. The van der Waals surface area contributed by atoms with E-state index in [0.717, 1.165) is 29.5 Å². The zero-order valence-corrected chi connectivity index (χ0v) is 18.6. The minimum Gasteiger partial charge on any atom is -0.481 e. The Kier molecular flexibility index (Phi) is 8.96. The molecule has 2 aromatic carbocycles. The van der Waals surface area contributed by atoms with Crippen LogP contribution >= 0.6 is 23.2 Å². The van der Waals surface area contributed by atoms with Gasteiger partial charge < -0.3 is 5.11 Å². The van der Waals surface area contributed by atoms with Crippen LogP contribution in [0.1, 0.15) is 37.7 Å². The van der Waals surface area contributed by atoms with Crippen molar-refractivity contribution in [2.24, 2.45) is 0 Å². The fourth-order valence-corrected chi connectivity index (χ4v) is 4.43. The Labute approximate surface area is 182 Å². The van der Waals surface area contributed by atoms with E-state index in [4.69, 9.17) is 28.3 Å². The van der Waals surface area contributed by atoms with Gasteiger partial charge in [0.15, 0.2) is 0 Å². The molecule has 0 aliphatic heterocycles. The van der Waals surface area contributed by atoms with Crippen molar-refractivity contribution in [3.8, 4) is 11.1 Å². The summed E-state index contributed by atoms with van der Waals surface area (Å²) in [6.45, 7) is 0.617. The third kappa shape index (κ3) is 7.63. The van der Waals surface area contributed by atoms with Gasteiger partial charge in [-0.1, -0.05) is 66.4 Å². The highest BCUT2D eigenvalue weighted by Crippen LogP contribution is 2.33. The Hall–Kier alpha value is -1.60. The highest BCUT2D eigenvalue weighted by molar-refractivity contribution is 7.88. The fourth-order valence-electron chi connectivity index (χ4n) is 3.04. The van der Waals surface area contributed by atoms with Crippen LogP contribution in [0.15, 0.2) is 42.5 Å². The summed E-state index contributed by atoms with van der Waals surface area (Å²) in [5, 5.41) is 9.76. The molecule has 0 aromatic heterocycles. The van der Waals surface area contributed by atoms with Crippen LogP contribution in [0.5, 0.6) is 0 Å². The molecule has 0 saturated carbocycles. The molecule has 1 N–H and O–H groups in total. The SMILES string of the molecule is CS(=O)(=O)N(CCCCCCC(=O)O)Cc1ccc(-c2ccccc2Cl)c(Cl)c1. The molecular formula is C21H25Cl2NO4S. The largest absolute Gasteiger partial charge is 0.481 e. The summed E-state index contributed by atoms with van der Waals surface area (Å²) in [6.07, 6.45) is 4.17. The van der Waals surface area contributed by atoms with Crippen molar-refractivity contribution in [3.05, 3.63) is 58.1 Å². The van der Waals surface area contributed by atoms with Crippen molar-refractivity contribution in [2.75, 3.05) is 12.8 Å². The molecular weight excluding hydrogens is 433 g/mol. The summed E-state index contributed by atoms with van der Waals surface area (Å²) in [4.78, 5) is 10.5. The van der Waals surface area contributed by atoms with Gasteiger partial charge in [-0.15, -0.1) is 0 Å². The van der Waals surface area contributed by atoms with Gasteiger partial charge in [-0.05, 0) is 30.5 Å². The Morgan fingerprint density at radius 1 is 0.966 bits per heavy atom. The smallest absolute Gasteiger partial charge is 0.303 e. The van der Waals surface area contributed by atoms with E-state index >= 15 is 0 Å². The molecule has 0 bridgehead atoms.